The summed E-state index contributed by atoms with van der Waals surface area (Å²) >= 11 is 7.34. The molecular weight excluding hydrogens is 310 g/mol. The van der Waals surface area contributed by atoms with Gasteiger partial charge in [0.25, 0.3) is 5.91 Å². The highest BCUT2D eigenvalue weighted by molar-refractivity contribution is 7.16. The molecule has 6 heteroatoms. The summed E-state index contributed by atoms with van der Waals surface area (Å²) in [6, 6.07) is 11.0. The summed E-state index contributed by atoms with van der Waals surface area (Å²) in [5, 5.41) is 0. The van der Waals surface area contributed by atoms with Crippen LogP contribution in [0.1, 0.15) is 4.88 Å². The number of nitrogens with zero attached hydrogens (tertiary/aromatic N) is 1. The summed E-state index contributed by atoms with van der Waals surface area (Å²) in [5.74, 6) is 1.06. The molecule has 0 atom stereocenters. The zero-order valence-corrected chi connectivity index (χ0v) is 13.4. The molecule has 0 radical (unpaired) electrons. The van der Waals surface area contributed by atoms with Crippen molar-refractivity contribution in [2.45, 2.75) is 6.54 Å². The van der Waals surface area contributed by atoms with Crippen LogP contribution in [0.5, 0.6) is 11.5 Å². The Morgan fingerprint density at radius 3 is 2.57 bits per heavy atom. The lowest BCUT2D eigenvalue weighted by Crippen LogP contribution is -2.30. The summed E-state index contributed by atoms with van der Waals surface area (Å²) in [6.07, 6.45) is 0. The largest absolute Gasteiger partial charge is 0.493 e. The van der Waals surface area contributed by atoms with E-state index in [9.17, 15) is 4.79 Å². The zero-order valence-electron chi connectivity index (χ0n) is 11.8. The van der Waals surface area contributed by atoms with Gasteiger partial charge in [-0.1, -0.05) is 23.7 Å². The lowest BCUT2D eigenvalue weighted by atomic mass is 10.3. The van der Waals surface area contributed by atoms with Crippen LogP contribution in [0.3, 0.4) is 0 Å². The number of benzene rings is 1. The average molecular weight is 326 g/mol. The van der Waals surface area contributed by atoms with Gasteiger partial charge in [-0.25, -0.2) is 0 Å². The Labute approximate surface area is 132 Å². The molecule has 0 saturated heterocycles. The van der Waals surface area contributed by atoms with Crippen LogP contribution in [-0.2, 0) is 11.3 Å². The number of ether oxygens (including phenoxy) is 2. The minimum absolute atomic E-state index is 0.0318. The SMILES string of the molecule is COc1ccccc1OCC(=O)N(C)Cc1ccc(Cl)s1. The van der Waals surface area contributed by atoms with Gasteiger partial charge in [-0.2, -0.15) is 0 Å². The molecule has 1 heterocycles. The van der Waals surface area contributed by atoms with Crippen LogP contribution in [0, 0.1) is 0 Å². The molecule has 112 valence electrons. The highest BCUT2D eigenvalue weighted by atomic mass is 35.5. The van der Waals surface area contributed by atoms with E-state index in [1.54, 1.807) is 31.2 Å². The van der Waals surface area contributed by atoms with E-state index in [1.807, 2.05) is 24.3 Å². The standard InChI is InChI=1S/C15H16ClNO3S/c1-17(9-11-7-8-14(16)21-11)15(18)10-20-13-6-4-3-5-12(13)19-2/h3-8H,9-10H2,1-2H3. The molecule has 4 nitrogen and oxygen atoms in total. The second-order valence-electron chi connectivity index (χ2n) is 4.40. The third-order valence-electron chi connectivity index (χ3n) is 2.87. The van der Waals surface area contributed by atoms with E-state index in [0.717, 1.165) is 9.21 Å². The summed E-state index contributed by atoms with van der Waals surface area (Å²) in [7, 11) is 3.30. The molecule has 0 saturated carbocycles. The van der Waals surface area contributed by atoms with Crippen LogP contribution in [-0.4, -0.2) is 31.6 Å². The second-order valence-corrected chi connectivity index (χ2v) is 6.19. The molecule has 1 amide bonds. The van der Waals surface area contributed by atoms with Crippen molar-refractivity contribution < 1.29 is 14.3 Å². The number of hydrogen-bond acceptors (Lipinski definition) is 4. The number of para-hydroxylation sites is 2. The van der Waals surface area contributed by atoms with E-state index in [4.69, 9.17) is 21.1 Å². The Morgan fingerprint density at radius 1 is 1.24 bits per heavy atom. The minimum atomic E-state index is -0.106. The number of rotatable bonds is 6. The van der Waals surface area contributed by atoms with Gasteiger partial charge in [0.1, 0.15) is 0 Å². The number of carbonyl (C=O) groups is 1. The maximum absolute atomic E-state index is 12.1. The van der Waals surface area contributed by atoms with Gasteiger partial charge >= 0.3 is 0 Å². The first-order valence-electron chi connectivity index (χ1n) is 6.34. The van der Waals surface area contributed by atoms with Gasteiger partial charge in [0.2, 0.25) is 0 Å². The lowest BCUT2D eigenvalue weighted by molar-refractivity contribution is -0.132. The fraction of sp³-hybridized carbons (Fsp3) is 0.267. The number of likely N-dealkylation sites (N-methyl/N-ethyl adjacent to an activating group) is 1. The van der Waals surface area contributed by atoms with E-state index >= 15 is 0 Å². The van der Waals surface area contributed by atoms with Crippen molar-refractivity contribution in [3.8, 4) is 11.5 Å². The van der Waals surface area contributed by atoms with Gasteiger partial charge in [0.05, 0.1) is 18.0 Å². The van der Waals surface area contributed by atoms with Gasteiger partial charge in [-0.3, -0.25) is 4.79 Å². The first-order chi connectivity index (χ1) is 10.1. The molecule has 0 aliphatic heterocycles. The molecule has 0 unspecified atom stereocenters. The van der Waals surface area contributed by atoms with Gasteiger partial charge in [0.15, 0.2) is 18.1 Å². The Kier molecular flexibility index (Phi) is 5.47. The predicted octanol–water partition coefficient (Wildman–Crippen LogP) is 3.45. The van der Waals surface area contributed by atoms with E-state index in [1.165, 1.54) is 11.3 Å². The molecule has 0 fully saturated rings. The van der Waals surface area contributed by atoms with E-state index in [-0.39, 0.29) is 12.5 Å². The third-order valence-corrected chi connectivity index (χ3v) is 4.08. The monoisotopic (exact) mass is 325 g/mol. The smallest absolute Gasteiger partial charge is 0.260 e. The van der Waals surface area contributed by atoms with Crippen LogP contribution in [0.25, 0.3) is 0 Å². The molecule has 0 N–H and O–H groups in total. The van der Waals surface area contributed by atoms with E-state index in [2.05, 4.69) is 0 Å². The van der Waals surface area contributed by atoms with Crippen molar-refractivity contribution in [2.24, 2.45) is 0 Å². The molecule has 1 aromatic heterocycles. The summed E-state index contributed by atoms with van der Waals surface area (Å²) in [6.45, 7) is 0.488. The molecule has 0 aliphatic rings. The topological polar surface area (TPSA) is 38.8 Å². The van der Waals surface area contributed by atoms with Gasteiger partial charge < -0.3 is 14.4 Å². The quantitative estimate of drug-likeness (QED) is 0.816. The molecular formula is C15H16ClNO3S. The van der Waals surface area contributed by atoms with Crippen LogP contribution >= 0.6 is 22.9 Å². The van der Waals surface area contributed by atoms with Gasteiger partial charge in [-0.15, -0.1) is 11.3 Å². The van der Waals surface area contributed by atoms with Crippen LogP contribution in [0.4, 0.5) is 0 Å². The number of halogens is 1. The minimum Gasteiger partial charge on any atom is -0.493 e. The number of hydrogen-bond donors (Lipinski definition) is 0. The van der Waals surface area contributed by atoms with Crippen molar-refractivity contribution in [2.75, 3.05) is 20.8 Å². The van der Waals surface area contributed by atoms with Crippen molar-refractivity contribution in [1.29, 1.82) is 0 Å². The van der Waals surface area contributed by atoms with Gasteiger partial charge in [0, 0.05) is 11.9 Å². The van der Waals surface area contributed by atoms with Crippen molar-refractivity contribution in [3.05, 3.63) is 45.6 Å². The number of amides is 1. The third kappa shape index (κ3) is 4.37. The molecule has 2 rings (SSSR count). The average Bonchev–Trinajstić information content (AvgIpc) is 2.90. The van der Waals surface area contributed by atoms with Crippen molar-refractivity contribution in [1.82, 2.24) is 4.90 Å². The number of methoxy groups -OCH3 is 1. The van der Waals surface area contributed by atoms with Crippen molar-refractivity contribution >= 4 is 28.8 Å². The summed E-state index contributed by atoms with van der Waals surface area (Å²) < 4.78 is 11.4. The Morgan fingerprint density at radius 2 is 1.95 bits per heavy atom. The van der Waals surface area contributed by atoms with E-state index in [0.29, 0.717) is 18.0 Å². The fourth-order valence-corrected chi connectivity index (χ4v) is 2.89. The number of thiophene rings is 1. The molecule has 1 aromatic carbocycles. The van der Waals surface area contributed by atoms with E-state index < -0.39 is 0 Å². The predicted molar refractivity (Wildman–Crippen MR) is 84.3 cm³/mol. The molecule has 2 aromatic rings. The normalized spacial score (nSPS) is 10.2. The Hall–Kier alpha value is -1.72. The second kappa shape index (κ2) is 7.33. The maximum atomic E-state index is 12.1. The molecule has 21 heavy (non-hydrogen) atoms. The molecule has 0 aliphatic carbocycles. The highest BCUT2D eigenvalue weighted by Crippen LogP contribution is 2.26. The Bertz CT molecular complexity index is 614. The first kappa shape index (κ1) is 15.7. The highest BCUT2D eigenvalue weighted by Gasteiger charge is 2.12. The summed E-state index contributed by atoms with van der Waals surface area (Å²) in [4.78, 5) is 14.7. The Balaban J connectivity index is 1.89. The van der Waals surface area contributed by atoms with Crippen LogP contribution in [0.15, 0.2) is 36.4 Å². The first-order valence-corrected chi connectivity index (χ1v) is 7.53. The molecule has 0 spiro atoms. The fourth-order valence-electron chi connectivity index (χ4n) is 1.75. The lowest BCUT2D eigenvalue weighted by Gasteiger charge is -2.17. The van der Waals surface area contributed by atoms with Gasteiger partial charge in [-0.05, 0) is 24.3 Å². The summed E-state index contributed by atoms with van der Waals surface area (Å²) in [5.41, 5.74) is 0. The van der Waals surface area contributed by atoms with Crippen LogP contribution < -0.4 is 9.47 Å². The van der Waals surface area contributed by atoms with Crippen molar-refractivity contribution in [3.63, 3.8) is 0 Å². The molecule has 0 bridgehead atoms. The van der Waals surface area contributed by atoms with Crippen LogP contribution in [0.2, 0.25) is 4.34 Å². The zero-order chi connectivity index (χ0) is 15.2. The number of carbonyl (C=O) groups excluding carboxylic acids is 1. The maximum Gasteiger partial charge on any atom is 0.260 e.